The summed E-state index contributed by atoms with van der Waals surface area (Å²) < 4.78 is 8.35. The van der Waals surface area contributed by atoms with E-state index in [4.69, 9.17) is 21.3 Å². The van der Waals surface area contributed by atoms with Crippen LogP contribution in [0.25, 0.3) is 22.4 Å². The molecule has 142 valence electrons. The number of fused-ring (bicyclic) bond motifs is 1. The molecule has 1 heterocycles. The van der Waals surface area contributed by atoms with Crippen molar-refractivity contribution in [3.05, 3.63) is 83.4 Å². The van der Waals surface area contributed by atoms with E-state index in [-0.39, 0.29) is 0 Å². The number of aromatic nitrogens is 2. The van der Waals surface area contributed by atoms with Gasteiger partial charge in [0.15, 0.2) is 0 Å². The number of ether oxygens (including phenoxy) is 1. The fraction of sp³-hybridized carbons (Fsp3) is 0.208. The Morgan fingerprint density at radius 3 is 2.46 bits per heavy atom. The van der Waals surface area contributed by atoms with Crippen LogP contribution in [-0.2, 0) is 6.54 Å². The van der Waals surface area contributed by atoms with Crippen LogP contribution in [0.3, 0.4) is 0 Å². The summed E-state index contributed by atoms with van der Waals surface area (Å²) in [5, 5.41) is 0.699. The molecule has 3 nitrogen and oxygen atoms in total. The maximum atomic E-state index is 6.46. The Morgan fingerprint density at radius 1 is 0.929 bits per heavy atom. The molecule has 0 aliphatic heterocycles. The average molecular weight is 391 g/mol. The molecule has 0 atom stereocenters. The number of para-hydroxylation sites is 3. The molecule has 0 amide bonds. The first kappa shape index (κ1) is 18.6. The van der Waals surface area contributed by atoms with Crippen LogP contribution in [-0.4, -0.2) is 16.2 Å². The van der Waals surface area contributed by atoms with E-state index in [9.17, 15) is 0 Å². The van der Waals surface area contributed by atoms with Gasteiger partial charge in [0.1, 0.15) is 18.2 Å². The molecule has 0 spiro atoms. The maximum Gasteiger partial charge on any atom is 0.142 e. The number of halogens is 1. The zero-order valence-electron chi connectivity index (χ0n) is 16.1. The fourth-order valence-electron chi connectivity index (χ4n) is 3.49. The lowest BCUT2D eigenvalue weighted by Crippen LogP contribution is -2.10. The number of hydrogen-bond acceptors (Lipinski definition) is 2. The second-order valence-corrected chi connectivity index (χ2v) is 7.50. The van der Waals surface area contributed by atoms with E-state index in [1.165, 1.54) is 5.56 Å². The molecular formula is C24H23ClN2O. The highest BCUT2D eigenvalue weighted by molar-refractivity contribution is 6.33. The van der Waals surface area contributed by atoms with Gasteiger partial charge in [-0.3, -0.25) is 0 Å². The molecule has 0 N–H and O–H groups in total. The molecule has 4 rings (SSSR count). The molecule has 3 aromatic carbocycles. The number of imidazole rings is 1. The van der Waals surface area contributed by atoms with Crippen molar-refractivity contribution >= 4 is 22.6 Å². The second-order valence-electron chi connectivity index (χ2n) is 7.10. The number of nitrogens with zero attached hydrogens (tertiary/aromatic N) is 2. The molecule has 0 bridgehead atoms. The molecule has 0 unspecified atom stereocenters. The van der Waals surface area contributed by atoms with Gasteiger partial charge in [0, 0.05) is 5.56 Å². The van der Waals surface area contributed by atoms with Gasteiger partial charge in [-0.25, -0.2) is 4.98 Å². The summed E-state index contributed by atoms with van der Waals surface area (Å²) in [4.78, 5) is 4.84. The summed E-state index contributed by atoms with van der Waals surface area (Å²) >= 11 is 6.46. The van der Waals surface area contributed by atoms with Gasteiger partial charge in [-0.15, -0.1) is 0 Å². The third-order valence-corrected chi connectivity index (χ3v) is 5.21. The van der Waals surface area contributed by atoms with E-state index < -0.39 is 0 Å². The van der Waals surface area contributed by atoms with Gasteiger partial charge in [0.05, 0.1) is 22.6 Å². The fourth-order valence-corrected chi connectivity index (χ4v) is 3.71. The topological polar surface area (TPSA) is 27.1 Å². The first-order chi connectivity index (χ1) is 13.6. The third kappa shape index (κ3) is 3.63. The largest absolute Gasteiger partial charge is 0.491 e. The van der Waals surface area contributed by atoms with Crippen molar-refractivity contribution in [2.75, 3.05) is 6.61 Å². The van der Waals surface area contributed by atoms with Gasteiger partial charge >= 0.3 is 0 Å². The molecule has 0 radical (unpaired) electrons. The summed E-state index contributed by atoms with van der Waals surface area (Å²) in [6.45, 7) is 5.61. The van der Waals surface area contributed by atoms with E-state index >= 15 is 0 Å². The maximum absolute atomic E-state index is 6.46. The first-order valence-electron chi connectivity index (χ1n) is 9.57. The van der Waals surface area contributed by atoms with Crippen molar-refractivity contribution in [2.24, 2.45) is 0 Å². The van der Waals surface area contributed by atoms with E-state index in [1.807, 2.05) is 54.6 Å². The standard InChI is InChI=1S/C24H23ClN2O/c1-17(2)18-9-4-8-14-23(18)28-16-15-27-22-13-7-6-12-21(22)26-24(27)19-10-3-5-11-20(19)25/h3-14,17H,15-16H2,1-2H3. The van der Waals surface area contributed by atoms with Gasteiger partial charge < -0.3 is 9.30 Å². The van der Waals surface area contributed by atoms with Gasteiger partial charge in [-0.2, -0.15) is 0 Å². The van der Waals surface area contributed by atoms with Crippen molar-refractivity contribution in [3.63, 3.8) is 0 Å². The lowest BCUT2D eigenvalue weighted by Gasteiger charge is -2.15. The average Bonchev–Trinajstić information content (AvgIpc) is 3.07. The van der Waals surface area contributed by atoms with Crippen LogP contribution in [0.2, 0.25) is 5.02 Å². The minimum absolute atomic E-state index is 0.420. The zero-order chi connectivity index (χ0) is 19.5. The van der Waals surface area contributed by atoms with Crippen LogP contribution in [0.5, 0.6) is 5.75 Å². The Morgan fingerprint density at radius 2 is 1.64 bits per heavy atom. The summed E-state index contributed by atoms with van der Waals surface area (Å²) in [5.41, 5.74) is 4.20. The minimum Gasteiger partial charge on any atom is -0.491 e. The second kappa shape index (κ2) is 8.07. The Labute approximate surface area is 170 Å². The van der Waals surface area contributed by atoms with E-state index in [1.54, 1.807) is 0 Å². The van der Waals surface area contributed by atoms with Crippen molar-refractivity contribution in [3.8, 4) is 17.1 Å². The highest BCUT2D eigenvalue weighted by Crippen LogP contribution is 2.30. The van der Waals surface area contributed by atoms with E-state index in [0.29, 0.717) is 24.1 Å². The Balaban J connectivity index is 1.66. The number of benzene rings is 3. The lowest BCUT2D eigenvalue weighted by atomic mass is 10.0. The SMILES string of the molecule is CC(C)c1ccccc1OCCn1c(-c2ccccc2Cl)nc2ccccc21. The lowest BCUT2D eigenvalue weighted by molar-refractivity contribution is 0.297. The summed E-state index contributed by atoms with van der Waals surface area (Å²) in [6, 6.07) is 24.2. The highest BCUT2D eigenvalue weighted by atomic mass is 35.5. The molecule has 4 heteroatoms. The van der Waals surface area contributed by atoms with Crippen molar-refractivity contribution in [1.82, 2.24) is 9.55 Å². The van der Waals surface area contributed by atoms with Gasteiger partial charge in [-0.05, 0) is 41.8 Å². The van der Waals surface area contributed by atoms with Crippen LogP contribution < -0.4 is 4.74 Å². The van der Waals surface area contributed by atoms with Crippen LogP contribution >= 0.6 is 11.6 Å². The van der Waals surface area contributed by atoms with E-state index in [2.05, 4.69) is 36.6 Å². The summed E-state index contributed by atoms with van der Waals surface area (Å²) in [7, 11) is 0. The molecule has 0 aliphatic carbocycles. The van der Waals surface area contributed by atoms with Crippen LogP contribution in [0.15, 0.2) is 72.8 Å². The third-order valence-electron chi connectivity index (χ3n) is 4.88. The monoisotopic (exact) mass is 390 g/mol. The predicted molar refractivity (Wildman–Crippen MR) is 116 cm³/mol. The van der Waals surface area contributed by atoms with Crippen molar-refractivity contribution in [1.29, 1.82) is 0 Å². The van der Waals surface area contributed by atoms with Gasteiger partial charge in [-0.1, -0.05) is 67.9 Å². The van der Waals surface area contributed by atoms with Crippen LogP contribution in [0, 0.1) is 0 Å². The predicted octanol–water partition coefficient (Wildman–Crippen LogP) is 6.56. The molecule has 0 aliphatic rings. The normalized spacial score (nSPS) is 11.3. The number of rotatable bonds is 6. The molecule has 4 aromatic rings. The Bertz CT molecular complexity index is 1100. The quantitative estimate of drug-likeness (QED) is 0.372. The van der Waals surface area contributed by atoms with Crippen molar-refractivity contribution in [2.45, 2.75) is 26.3 Å². The molecular weight excluding hydrogens is 368 g/mol. The minimum atomic E-state index is 0.420. The highest BCUT2D eigenvalue weighted by Gasteiger charge is 2.15. The van der Waals surface area contributed by atoms with E-state index in [0.717, 1.165) is 28.2 Å². The zero-order valence-corrected chi connectivity index (χ0v) is 16.9. The molecule has 0 fully saturated rings. The summed E-state index contributed by atoms with van der Waals surface area (Å²) in [5.74, 6) is 2.23. The molecule has 28 heavy (non-hydrogen) atoms. The van der Waals surface area contributed by atoms with Crippen LogP contribution in [0.1, 0.15) is 25.3 Å². The van der Waals surface area contributed by atoms with Crippen LogP contribution in [0.4, 0.5) is 0 Å². The molecule has 1 aromatic heterocycles. The van der Waals surface area contributed by atoms with Crippen molar-refractivity contribution < 1.29 is 4.74 Å². The summed E-state index contributed by atoms with van der Waals surface area (Å²) in [6.07, 6.45) is 0. The smallest absolute Gasteiger partial charge is 0.142 e. The van der Waals surface area contributed by atoms with Gasteiger partial charge in [0.2, 0.25) is 0 Å². The Hall–Kier alpha value is -2.78. The first-order valence-corrected chi connectivity index (χ1v) is 9.95. The Kier molecular flexibility index (Phi) is 5.36. The number of hydrogen-bond donors (Lipinski definition) is 0. The van der Waals surface area contributed by atoms with Gasteiger partial charge in [0.25, 0.3) is 0 Å². The molecule has 0 saturated heterocycles. The molecule has 0 saturated carbocycles.